The number of benzene rings is 1. The average Bonchev–Trinajstić information content (AvgIpc) is 2.61. The van der Waals surface area contributed by atoms with Crippen LogP contribution < -0.4 is 0 Å². The highest BCUT2D eigenvalue weighted by Gasteiger charge is 2.41. The first-order valence-electron chi connectivity index (χ1n) is 4.25. The maximum absolute atomic E-state index is 10.8. The summed E-state index contributed by atoms with van der Waals surface area (Å²) in [5.41, 5.74) is 0.737. The molecule has 0 amide bonds. The van der Waals surface area contributed by atoms with Crippen molar-refractivity contribution in [1.29, 1.82) is 0 Å². The van der Waals surface area contributed by atoms with Gasteiger partial charge in [-0.1, -0.05) is 30.3 Å². The standard InChI is InChI=1S/C9H7N3O3/c13-9(14)7-8(12(15)11-10-7)6-4-2-1-3-5-6/h1-5,7H,(H-,13,14,15)/p+1. The quantitative estimate of drug-likeness (QED) is 0.552. The third-order valence-corrected chi connectivity index (χ3v) is 2.03. The van der Waals surface area contributed by atoms with Crippen molar-refractivity contribution >= 4 is 11.7 Å². The Kier molecular flexibility index (Phi) is 2.17. The van der Waals surface area contributed by atoms with Crippen molar-refractivity contribution in [3.8, 4) is 0 Å². The molecule has 1 aromatic carbocycles. The fourth-order valence-electron chi connectivity index (χ4n) is 1.36. The third-order valence-electron chi connectivity index (χ3n) is 2.03. The molecule has 0 radical (unpaired) electrons. The Morgan fingerprint density at radius 3 is 2.60 bits per heavy atom. The van der Waals surface area contributed by atoms with Gasteiger partial charge in [0, 0.05) is 5.56 Å². The van der Waals surface area contributed by atoms with Crippen molar-refractivity contribution in [2.75, 3.05) is 0 Å². The van der Waals surface area contributed by atoms with E-state index in [0.29, 0.717) is 10.4 Å². The molecular formula is C9H8N3O3+. The van der Waals surface area contributed by atoms with Crippen LogP contribution in [0.15, 0.2) is 40.7 Å². The average molecular weight is 206 g/mol. The summed E-state index contributed by atoms with van der Waals surface area (Å²) in [5, 5.41) is 24.9. The molecular weight excluding hydrogens is 198 g/mol. The zero-order valence-electron chi connectivity index (χ0n) is 7.61. The maximum Gasteiger partial charge on any atom is 0.365 e. The van der Waals surface area contributed by atoms with Gasteiger partial charge in [0.25, 0.3) is 0 Å². The summed E-state index contributed by atoms with van der Waals surface area (Å²) in [6.45, 7) is 0. The number of rotatable bonds is 2. The molecule has 15 heavy (non-hydrogen) atoms. The van der Waals surface area contributed by atoms with Crippen LogP contribution in [0.25, 0.3) is 0 Å². The van der Waals surface area contributed by atoms with E-state index in [9.17, 15) is 10.0 Å². The number of carboxylic acids is 1. The van der Waals surface area contributed by atoms with Gasteiger partial charge in [0.05, 0.1) is 9.96 Å². The molecule has 1 unspecified atom stereocenters. The summed E-state index contributed by atoms with van der Waals surface area (Å²) in [4.78, 5) is 11.3. The van der Waals surface area contributed by atoms with Crippen molar-refractivity contribution in [3.63, 3.8) is 0 Å². The van der Waals surface area contributed by atoms with E-state index in [0.717, 1.165) is 0 Å². The van der Waals surface area contributed by atoms with E-state index < -0.39 is 12.0 Å². The largest absolute Gasteiger partial charge is 0.478 e. The lowest BCUT2D eigenvalue weighted by Crippen LogP contribution is -2.29. The molecule has 76 valence electrons. The van der Waals surface area contributed by atoms with Gasteiger partial charge in [-0.2, -0.15) is 0 Å². The molecule has 6 heteroatoms. The van der Waals surface area contributed by atoms with Gasteiger partial charge >= 0.3 is 12.0 Å². The third kappa shape index (κ3) is 1.56. The van der Waals surface area contributed by atoms with Crippen molar-refractivity contribution in [2.24, 2.45) is 10.3 Å². The van der Waals surface area contributed by atoms with Crippen LogP contribution in [0.5, 0.6) is 0 Å². The number of nitrogens with zero attached hydrogens (tertiary/aromatic N) is 3. The van der Waals surface area contributed by atoms with Crippen molar-refractivity contribution < 1.29 is 20.0 Å². The second kappa shape index (κ2) is 3.49. The van der Waals surface area contributed by atoms with Gasteiger partial charge in [-0.15, -0.1) is 0 Å². The molecule has 0 saturated carbocycles. The van der Waals surface area contributed by atoms with Crippen LogP contribution in [0, 0.1) is 0 Å². The highest BCUT2D eigenvalue weighted by molar-refractivity contribution is 6.12. The molecule has 1 atom stereocenters. The molecule has 6 nitrogen and oxygen atoms in total. The first kappa shape index (κ1) is 9.32. The van der Waals surface area contributed by atoms with Crippen LogP contribution in [-0.4, -0.2) is 32.9 Å². The summed E-state index contributed by atoms with van der Waals surface area (Å²) in [5.74, 6) is -1.14. The highest BCUT2D eigenvalue weighted by Crippen LogP contribution is 2.12. The second-order valence-corrected chi connectivity index (χ2v) is 2.99. The van der Waals surface area contributed by atoms with Gasteiger partial charge in [0.1, 0.15) is 0 Å². The molecule has 1 aliphatic heterocycles. The fraction of sp³-hybridized carbons (Fsp3) is 0.111. The molecule has 0 spiro atoms. The first-order valence-corrected chi connectivity index (χ1v) is 4.25. The molecule has 1 aliphatic rings. The van der Waals surface area contributed by atoms with Crippen LogP contribution in [-0.2, 0) is 4.79 Å². The SMILES string of the molecule is O=C(O)C1N=N[N+](O)=C1c1ccccc1. The Bertz CT molecular complexity index is 453. The van der Waals surface area contributed by atoms with Gasteiger partial charge in [-0.05, 0) is 0 Å². The zero-order chi connectivity index (χ0) is 10.8. The monoisotopic (exact) mass is 206 g/mol. The predicted molar refractivity (Wildman–Crippen MR) is 48.9 cm³/mol. The van der Waals surface area contributed by atoms with E-state index >= 15 is 0 Å². The van der Waals surface area contributed by atoms with Gasteiger partial charge in [-0.25, -0.2) is 4.79 Å². The minimum absolute atomic E-state index is 0.156. The molecule has 1 heterocycles. The molecule has 0 aromatic heterocycles. The van der Waals surface area contributed by atoms with Gasteiger partial charge in [0.2, 0.25) is 5.71 Å². The number of carboxylic acid groups (broad SMARTS) is 1. The van der Waals surface area contributed by atoms with Gasteiger partial charge < -0.3 is 10.3 Å². The van der Waals surface area contributed by atoms with Crippen molar-refractivity contribution in [2.45, 2.75) is 6.04 Å². The van der Waals surface area contributed by atoms with Crippen LogP contribution in [0.1, 0.15) is 5.56 Å². The summed E-state index contributed by atoms with van der Waals surface area (Å²) in [6, 6.07) is 7.51. The lowest BCUT2D eigenvalue weighted by Gasteiger charge is -1.98. The topological polar surface area (TPSA) is 85.3 Å². The van der Waals surface area contributed by atoms with Crippen LogP contribution in [0.4, 0.5) is 0 Å². The van der Waals surface area contributed by atoms with Crippen LogP contribution in [0.2, 0.25) is 0 Å². The van der Waals surface area contributed by atoms with Gasteiger partial charge in [0.15, 0.2) is 5.22 Å². The Morgan fingerprint density at radius 2 is 2.00 bits per heavy atom. The Morgan fingerprint density at radius 1 is 1.33 bits per heavy atom. The normalized spacial score (nSPS) is 19.6. The molecule has 0 bridgehead atoms. The molecule has 2 rings (SSSR count). The minimum Gasteiger partial charge on any atom is -0.478 e. The summed E-state index contributed by atoms with van der Waals surface area (Å²) in [7, 11) is 0. The number of hydrogen-bond acceptors (Lipinski definition) is 4. The molecule has 0 fully saturated rings. The van der Waals surface area contributed by atoms with E-state index in [1.807, 2.05) is 0 Å². The van der Waals surface area contributed by atoms with Crippen LogP contribution in [0.3, 0.4) is 0 Å². The number of hydrogen-bond donors (Lipinski definition) is 2. The van der Waals surface area contributed by atoms with E-state index in [-0.39, 0.29) is 5.71 Å². The molecule has 0 saturated heterocycles. The van der Waals surface area contributed by atoms with Gasteiger partial charge in [-0.3, -0.25) is 0 Å². The summed E-state index contributed by atoms with van der Waals surface area (Å²) in [6.07, 6.45) is 0. The van der Waals surface area contributed by atoms with E-state index in [2.05, 4.69) is 10.3 Å². The minimum atomic E-state index is -1.14. The number of carbonyl (C=O) groups is 1. The van der Waals surface area contributed by atoms with E-state index in [1.54, 1.807) is 30.3 Å². The lowest BCUT2D eigenvalue weighted by atomic mass is 10.0. The lowest BCUT2D eigenvalue weighted by molar-refractivity contribution is -0.781. The van der Waals surface area contributed by atoms with E-state index in [4.69, 9.17) is 5.11 Å². The summed E-state index contributed by atoms with van der Waals surface area (Å²) >= 11 is 0. The Labute approximate surface area is 84.7 Å². The Hall–Kier alpha value is -2.24. The molecule has 2 N–H and O–H groups in total. The van der Waals surface area contributed by atoms with Crippen LogP contribution >= 0.6 is 0 Å². The summed E-state index contributed by atoms with van der Waals surface area (Å²) < 4.78 is 0. The van der Waals surface area contributed by atoms with Crippen molar-refractivity contribution in [3.05, 3.63) is 35.9 Å². The molecule has 0 aliphatic carbocycles. The van der Waals surface area contributed by atoms with E-state index in [1.165, 1.54) is 0 Å². The fourth-order valence-corrected chi connectivity index (χ4v) is 1.36. The van der Waals surface area contributed by atoms with Crippen molar-refractivity contribution in [1.82, 2.24) is 0 Å². The molecule has 1 aromatic rings. The number of aliphatic carboxylic acids is 1. The first-order chi connectivity index (χ1) is 7.20. The zero-order valence-corrected chi connectivity index (χ0v) is 7.61. The second-order valence-electron chi connectivity index (χ2n) is 2.99. The smallest absolute Gasteiger partial charge is 0.365 e. The highest BCUT2D eigenvalue weighted by atomic mass is 16.5. The Balaban J connectivity index is 2.45. The predicted octanol–water partition coefficient (Wildman–Crippen LogP) is 0.711. The maximum atomic E-state index is 10.8.